The average molecular weight is 358 g/mol. The Morgan fingerprint density at radius 1 is 0.429 bits per heavy atom. The maximum atomic E-state index is 2.48. The molecule has 0 heteroatoms. The molecule has 4 aliphatic rings. The van der Waals surface area contributed by atoms with Crippen LogP contribution in [0.2, 0.25) is 0 Å². The second-order valence-corrected chi connectivity index (χ2v) is 8.86. The van der Waals surface area contributed by atoms with Crippen LogP contribution in [0.5, 0.6) is 0 Å². The summed E-state index contributed by atoms with van der Waals surface area (Å²) in [6.45, 7) is 0. The van der Waals surface area contributed by atoms with Crippen molar-refractivity contribution < 1.29 is 0 Å². The van der Waals surface area contributed by atoms with E-state index in [4.69, 9.17) is 0 Å². The Labute approximate surface area is 164 Å². The summed E-state index contributed by atoms with van der Waals surface area (Å²) in [5.41, 5.74) is 6.17. The van der Waals surface area contributed by atoms with Gasteiger partial charge in [-0.15, -0.1) is 0 Å². The molecule has 6 bridgehead atoms. The standard InChI is InChI=1S/C28H22/c1-3-17-7-8-20-15-27-24(12-21(20)9-17)14-25-13-22-10-18-4-2-5-19(18)11-23(22)16-28(25)26(27)6-1/h7-16H,1-6H2. The van der Waals surface area contributed by atoms with Crippen LogP contribution in [-0.2, 0) is 25.7 Å². The van der Waals surface area contributed by atoms with E-state index in [-0.39, 0.29) is 0 Å². The molecule has 0 aliphatic heterocycles. The van der Waals surface area contributed by atoms with E-state index in [2.05, 4.69) is 60.7 Å². The van der Waals surface area contributed by atoms with E-state index in [1.165, 1.54) is 80.8 Å². The highest BCUT2D eigenvalue weighted by molar-refractivity contribution is 6.11. The lowest BCUT2D eigenvalue weighted by atomic mass is 9.88. The highest BCUT2D eigenvalue weighted by atomic mass is 14.2. The first-order chi connectivity index (χ1) is 13.8. The summed E-state index contributed by atoms with van der Waals surface area (Å²) in [5, 5.41) is 11.3. The minimum Gasteiger partial charge on any atom is -0.0584 e. The quantitative estimate of drug-likeness (QED) is 0.255. The first-order valence-electron chi connectivity index (χ1n) is 10.7. The number of benzene rings is 5. The summed E-state index contributed by atoms with van der Waals surface area (Å²) in [4.78, 5) is 0. The van der Waals surface area contributed by atoms with Crippen molar-refractivity contribution in [1.29, 1.82) is 0 Å². The lowest BCUT2D eigenvalue weighted by molar-refractivity contribution is 0.829. The van der Waals surface area contributed by atoms with Crippen molar-refractivity contribution in [3.8, 4) is 0 Å². The van der Waals surface area contributed by atoms with Gasteiger partial charge in [0.25, 0.3) is 0 Å². The molecule has 4 aliphatic carbocycles. The van der Waals surface area contributed by atoms with E-state index in [0.717, 1.165) is 6.42 Å². The molecule has 28 heavy (non-hydrogen) atoms. The molecule has 0 unspecified atom stereocenters. The minimum atomic E-state index is 1.16. The predicted molar refractivity (Wildman–Crippen MR) is 121 cm³/mol. The Bertz CT molecular complexity index is 1450. The molecule has 0 saturated heterocycles. The molecule has 134 valence electrons. The molecular weight excluding hydrogens is 336 g/mol. The molecule has 0 aromatic heterocycles. The second kappa shape index (κ2) is 5.35. The van der Waals surface area contributed by atoms with Gasteiger partial charge < -0.3 is 0 Å². The molecule has 0 saturated carbocycles. The Kier molecular flexibility index (Phi) is 2.89. The zero-order valence-electron chi connectivity index (χ0n) is 16.0. The molecule has 0 radical (unpaired) electrons. The fourth-order valence-electron chi connectivity index (χ4n) is 5.73. The van der Waals surface area contributed by atoms with Crippen LogP contribution in [0.1, 0.15) is 35.1 Å². The van der Waals surface area contributed by atoms with E-state index >= 15 is 0 Å². The average Bonchev–Trinajstić information content (AvgIpc) is 3.17. The molecule has 0 atom stereocenters. The maximum absolute atomic E-state index is 2.48. The summed E-state index contributed by atoms with van der Waals surface area (Å²) >= 11 is 0. The van der Waals surface area contributed by atoms with Crippen LogP contribution >= 0.6 is 0 Å². The molecule has 0 amide bonds. The van der Waals surface area contributed by atoms with Crippen LogP contribution in [0.15, 0.2) is 60.7 Å². The van der Waals surface area contributed by atoms with Gasteiger partial charge in [-0.2, -0.15) is 0 Å². The molecule has 5 aromatic carbocycles. The maximum Gasteiger partial charge on any atom is -0.0139 e. The highest BCUT2D eigenvalue weighted by Gasteiger charge is 2.15. The van der Waals surface area contributed by atoms with Crippen molar-refractivity contribution >= 4 is 43.1 Å². The van der Waals surface area contributed by atoms with Gasteiger partial charge in [0.1, 0.15) is 0 Å². The molecule has 9 rings (SSSR count). The van der Waals surface area contributed by atoms with Crippen LogP contribution in [0.4, 0.5) is 0 Å². The van der Waals surface area contributed by atoms with Crippen molar-refractivity contribution in [2.45, 2.75) is 38.5 Å². The number of fused-ring (bicyclic) bond motifs is 4. The van der Waals surface area contributed by atoms with Crippen LogP contribution < -0.4 is 0 Å². The third-order valence-corrected chi connectivity index (χ3v) is 7.15. The van der Waals surface area contributed by atoms with Crippen molar-refractivity contribution in [1.82, 2.24) is 0 Å². The van der Waals surface area contributed by atoms with E-state index in [9.17, 15) is 0 Å². The summed E-state index contributed by atoms with van der Waals surface area (Å²) in [6, 6.07) is 24.1. The van der Waals surface area contributed by atoms with Gasteiger partial charge in [0.05, 0.1) is 0 Å². The fraction of sp³-hybridized carbons (Fsp3) is 0.214. The molecule has 5 aromatic rings. The van der Waals surface area contributed by atoms with E-state index < -0.39 is 0 Å². The third kappa shape index (κ3) is 2.06. The molecule has 0 fully saturated rings. The molecule has 0 N–H and O–H groups in total. The molecular formula is C28H22. The fourth-order valence-corrected chi connectivity index (χ4v) is 5.73. The van der Waals surface area contributed by atoms with Crippen molar-refractivity contribution in [3.05, 3.63) is 82.9 Å². The molecule has 0 spiro atoms. The lowest BCUT2D eigenvalue weighted by Crippen LogP contribution is -1.97. The Hall–Kier alpha value is -2.86. The van der Waals surface area contributed by atoms with Crippen molar-refractivity contribution in [2.75, 3.05) is 0 Å². The number of hydrogen-bond donors (Lipinski definition) is 0. The lowest BCUT2D eigenvalue weighted by Gasteiger charge is -2.17. The number of rotatable bonds is 0. The van der Waals surface area contributed by atoms with Crippen LogP contribution in [-0.4, -0.2) is 0 Å². The smallest absolute Gasteiger partial charge is 0.0139 e. The van der Waals surface area contributed by atoms with Gasteiger partial charge >= 0.3 is 0 Å². The van der Waals surface area contributed by atoms with Gasteiger partial charge in [-0.3, -0.25) is 0 Å². The summed E-state index contributed by atoms with van der Waals surface area (Å²) in [5.74, 6) is 0. The topological polar surface area (TPSA) is 0 Å². The van der Waals surface area contributed by atoms with Gasteiger partial charge in [-0.25, -0.2) is 0 Å². The Balaban J connectivity index is 1.64. The van der Waals surface area contributed by atoms with Gasteiger partial charge in [-0.05, 0) is 134 Å². The Morgan fingerprint density at radius 2 is 1.04 bits per heavy atom. The number of hydrogen-bond acceptors (Lipinski definition) is 0. The van der Waals surface area contributed by atoms with E-state index in [1.54, 1.807) is 16.7 Å². The number of aryl methyl sites for hydroxylation is 4. The SMILES string of the molecule is c1cc2cc3c4c5cc6cc7c(cc6cc5cc3cc2cc1CCC4)CCC7. The van der Waals surface area contributed by atoms with Gasteiger partial charge in [-0.1, -0.05) is 30.3 Å². The second-order valence-electron chi connectivity index (χ2n) is 8.86. The van der Waals surface area contributed by atoms with Gasteiger partial charge in [0.2, 0.25) is 0 Å². The zero-order chi connectivity index (χ0) is 18.2. The van der Waals surface area contributed by atoms with Crippen LogP contribution in [0.3, 0.4) is 0 Å². The van der Waals surface area contributed by atoms with Crippen molar-refractivity contribution in [3.63, 3.8) is 0 Å². The van der Waals surface area contributed by atoms with Crippen LogP contribution in [0, 0.1) is 0 Å². The zero-order valence-corrected chi connectivity index (χ0v) is 16.0. The normalized spacial score (nSPS) is 15.7. The predicted octanol–water partition coefficient (Wildman–Crippen LogP) is 7.28. The summed E-state index contributed by atoms with van der Waals surface area (Å²) < 4.78 is 0. The van der Waals surface area contributed by atoms with Crippen molar-refractivity contribution in [2.24, 2.45) is 0 Å². The monoisotopic (exact) mass is 358 g/mol. The van der Waals surface area contributed by atoms with Gasteiger partial charge in [0.15, 0.2) is 0 Å². The van der Waals surface area contributed by atoms with E-state index in [1.807, 2.05) is 0 Å². The van der Waals surface area contributed by atoms with E-state index in [0.29, 0.717) is 0 Å². The first-order valence-corrected chi connectivity index (χ1v) is 10.7. The summed E-state index contributed by atoms with van der Waals surface area (Å²) in [6.07, 6.45) is 7.37. The molecule has 0 heterocycles. The largest absolute Gasteiger partial charge is 0.0584 e. The molecule has 0 nitrogen and oxygen atoms in total. The first kappa shape index (κ1) is 15.1. The van der Waals surface area contributed by atoms with Gasteiger partial charge in [0, 0.05) is 0 Å². The third-order valence-electron chi connectivity index (χ3n) is 7.15. The highest BCUT2D eigenvalue weighted by Crippen LogP contribution is 2.37. The Morgan fingerprint density at radius 3 is 1.82 bits per heavy atom. The van der Waals surface area contributed by atoms with Crippen LogP contribution in [0.25, 0.3) is 43.1 Å². The summed E-state index contributed by atoms with van der Waals surface area (Å²) in [7, 11) is 0. The minimum absolute atomic E-state index is 1.16.